The van der Waals surface area contributed by atoms with Gasteiger partial charge in [-0.25, -0.2) is 12.8 Å². The number of sulfonamides is 1. The summed E-state index contributed by atoms with van der Waals surface area (Å²) in [6, 6.07) is 5.13. The molecule has 0 saturated carbocycles. The standard InChI is InChI=1S/C13H13FN2O4S/c14-10-3-5-11(6-4-10)21(18,19)16-8-1-2-12(16)13(17)20-9-7-15/h3-6,12H,1-2,8-9H2/t12-/m0/s1. The van der Waals surface area contributed by atoms with Gasteiger partial charge in [-0.2, -0.15) is 9.57 Å². The average molecular weight is 312 g/mol. The second-order valence-electron chi connectivity index (χ2n) is 4.49. The number of rotatable bonds is 4. The monoisotopic (exact) mass is 312 g/mol. The largest absolute Gasteiger partial charge is 0.449 e. The lowest BCUT2D eigenvalue weighted by Gasteiger charge is -2.22. The number of ether oxygens (including phenoxy) is 1. The van der Waals surface area contributed by atoms with E-state index in [2.05, 4.69) is 4.74 Å². The van der Waals surface area contributed by atoms with Crippen molar-refractivity contribution in [1.29, 1.82) is 5.26 Å². The molecular formula is C13H13FN2O4S. The normalized spacial score (nSPS) is 19.1. The van der Waals surface area contributed by atoms with E-state index in [-0.39, 0.29) is 11.4 Å². The van der Waals surface area contributed by atoms with Crippen molar-refractivity contribution >= 4 is 16.0 Å². The van der Waals surface area contributed by atoms with Gasteiger partial charge in [0.15, 0.2) is 6.61 Å². The summed E-state index contributed by atoms with van der Waals surface area (Å²) in [6.45, 7) is -0.230. The summed E-state index contributed by atoms with van der Waals surface area (Å²) in [6.07, 6.45) is 0.859. The molecule has 1 heterocycles. The molecule has 0 unspecified atom stereocenters. The Hall–Kier alpha value is -1.98. The van der Waals surface area contributed by atoms with Crippen LogP contribution in [-0.4, -0.2) is 37.9 Å². The van der Waals surface area contributed by atoms with Crippen LogP contribution >= 0.6 is 0 Å². The minimum absolute atomic E-state index is 0.0797. The SMILES string of the molecule is N#CCOC(=O)[C@@H]1CCCN1S(=O)(=O)c1ccc(F)cc1. The fourth-order valence-corrected chi connectivity index (χ4v) is 3.85. The van der Waals surface area contributed by atoms with Gasteiger partial charge in [-0.05, 0) is 37.1 Å². The van der Waals surface area contributed by atoms with Gasteiger partial charge in [0.05, 0.1) is 4.90 Å². The van der Waals surface area contributed by atoms with E-state index in [4.69, 9.17) is 5.26 Å². The first-order valence-electron chi connectivity index (χ1n) is 6.28. The molecule has 0 aromatic heterocycles. The van der Waals surface area contributed by atoms with Crippen LogP contribution in [0, 0.1) is 17.1 Å². The van der Waals surface area contributed by atoms with Crippen molar-refractivity contribution in [3.63, 3.8) is 0 Å². The van der Waals surface area contributed by atoms with E-state index >= 15 is 0 Å². The molecule has 21 heavy (non-hydrogen) atoms. The third-order valence-electron chi connectivity index (χ3n) is 3.17. The molecule has 8 heteroatoms. The fraction of sp³-hybridized carbons (Fsp3) is 0.385. The van der Waals surface area contributed by atoms with Gasteiger partial charge < -0.3 is 4.74 Å². The predicted octanol–water partition coefficient (Wildman–Crippen LogP) is 1.05. The number of nitriles is 1. The van der Waals surface area contributed by atoms with Gasteiger partial charge in [-0.15, -0.1) is 0 Å². The van der Waals surface area contributed by atoms with Gasteiger partial charge in [-0.3, -0.25) is 4.79 Å². The second-order valence-corrected chi connectivity index (χ2v) is 6.38. The lowest BCUT2D eigenvalue weighted by molar-refractivity contribution is -0.146. The molecule has 1 aliphatic rings. The lowest BCUT2D eigenvalue weighted by atomic mass is 10.2. The summed E-state index contributed by atoms with van der Waals surface area (Å²) in [5.41, 5.74) is 0. The zero-order chi connectivity index (χ0) is 15.5. The van der Waals surface area contributed by atoms with Gasteiger partial charge in [0, 0.05) is 6.54 Å². The van der Waals surface area contributed by atoms with E-state index in [1.54, 1.807) is 6.07 Å². The van der Waals surface area contributed by atoms with Crippen molar-refractivity contribution in [2.45, 2.75) is 23.8 Å². The maximum atomic E-state index is 12.9. The zero-order valence-corrected chi connectivity index (χ0v) is 11.8. The first-order valence-corrected chi connectivity index (χ1v) is 7.72. The van der Waals surface area contributed by atoms with Crippen LogP contribution in [0.1, 0.15) is 12.8 Å². The Kier molecular flexibility index (Phi) is 4.55. The Morgan fingerprint density at radius 3 is 2.71 bits per heavy atom. The van der Waals surface area contributed by atoms with Crippen LogP contribution in [0.25, 0.3) is 0 Å². The molecule has 112 valence electrons. The summed E-state index contributed by atoms with van der Waals surface area (Å²) in [5.74, 6) is -1.28. The number of hydrogen-bond donors (Lipinski definition) is 0. The molecular weight excluding hydrogens is 299 g/mol. The van der Waals surface area contributed by atoms with Crippen LogP contribution < -0.4 is 0 Å². The highest BCUT2D eigenvalue weighted by molar-refractivity contribution is 7.89. The molecule has 1 aromatic rings. The molecule has 1 aliphatic heterocycles. The molecule has 1 fully saturated rings. The van der Waals surface area contributed by atoms with E-state index < -0.39 is 34.5 Å². The smallest absolute Gasteiger partial charge is 0.325 e. The van der Waals surface area contributed by atoms with Crippen LogP contribution in [0.3, 0.4) is 0 Å². The predicted molar refractivity (Wildman–Crippen MR) is 69.9 cm³/mol. The summed E-state index contributed by atoms with van der Waals surface area (Å²) in [7, 11) is -3.89. The van der Waals surface area contributed by atoms with Gasteiger partial charge in [0.1, 0.15) is 17.9 Å². The number of nitrogens with zero attached hydrogens (tertiary/aromatic N) is 2. The summed E-state index contributed by atoms with van der Waals surface area (Å²) < 4.78 is 43.5. The molecule has 0 N–H and O–H groups in total. The number of halogens is 1. The molecule has 1 aromatic carbocycles. The van der Waals surface area contributed by atoms with E-state index in [1.807, 2.05) is 0 Å². The van der Waals surface area contributed by atoms with E-state index in [9.17, 15) is 17.6 Å². The van der Waals surface area contributed by atoms with Crippen LogP contribution in [0.4, 0.5) is 4.39 Å². The maximum Gasteiger partial charge on any atom is 0.325 e. The minimum atomic E-state index is -3.89. The fourth-order valence-electron chi connectivity index (χ4n) is 2.20. The Balaban J connectivity index is 2.24. The zero-order valence-electron chi connectivity index (χ0n) is 11.0. The highest BCUT2D eigenvalue weighted by Gasteiger charge is 2.40. The minimum Gasteiger partial charge on any atom is -0.449 e. The molecule has 0 bridgehead atoms. The van der Waals surface area contributed by atoms with Crippen molar-refractivity contribution in [2.75, 3.05) is 13.2 Å². The summed E-state index contributed by atoms with van der Waals surface area (Å²) in [4.78, 5) is 11.7. The van der Waals surface area contributed by atoms with Crippen molar-refractivity contribution in [1.82, 2.24) is 4.31 Å². The van der Waals surface area contributed by atoms with Gasteiger partial charge in [0.2, 0.25) is 10.0 Å². The van der Waals surface area contributed by atoms with Gasteiger partial charge in [-0.1, -0.05) is 0 Å². The number of carbonyl (C=O) groups excluding carboxylic acids is 1. The highest BCUT2D eigenvalue weighted by Crippen LogP contribution is 2.26. The Bertz CT molecular complexity index is 666. The van der Waals surface area contributed by atoms with Crippen molar-refractivity contribution in [3.8, 4) is 6.07 Å². The highest BCUT2D eigenvalue weighted by atomic mass is 32.2. The van der Waals surface area contributed by atoms with Gasteiger partial charge >= 0.3 is 5.97 Å². The number of esters is 1. The summed E-state index contributed by atoms with van der Waals surface area (Å²) in [5, 5.41) is 8.39. The van der Waals surface area contributed by atoms with Crippen LogP contribution in [0.5, 0.6) is 0 Å². The number of benzene rings is 1. The molecule has 1 saturated heterocycles. The lowest BCUT2D eigenvalue weighted by Crippen LogP contribution is -2.41. The van der Waals surface area contributed by atoms with E-state index in [0.717, 1.165) is 28.6 Å². The Morgan fingerprint density at radius 2 is 2.10 bits per heavy atom. The van der Waals surface area contributed by atoms with E-state index in [0.29, 0.717) is 12.8 Å². The van der Waals surface area contributed by atoms with Crippen LogP contribution in [0.15, 0.2) is 29.2 Å². The first kappa shape index (κ1) is 15.4. The third-order valence-corrected chi connectivity index (χ3v) is 5.10. The van der Waals surface area contributed by atoms with Crippen molar-refractivity contribution < 1.29 is 22.3 Å². The topological polar surface area (TPSA) is 87.5 Å². The van der Waals surface area contributed by atoms with Crippen LogP contribution in [-0.2, 0) is 19.6 Å². The summed E-state index contributed by atoms with van der Waals surface area (Å²) >= 11 is 0. The molecule has 0 radical (unpaired) electrons. The van der Waals surface area contributed by atoms with Crippen LogP contribution in [0.2, 0.25) is 0 Å². The van der Waals surface area contributed by atoms with Crippen molar-refractivity contribution in [3.05, 3.63) is 30.1 Å². The molecule has 2 rings (SSSR count). The average Bonchev–Trinajstić information content (AvgIpc) is 2.95. The second kappa shape index (κ2) is 6.20. The quantitative estimate of drug-likeness (QED) is 0.775. The third kappa shape index (κ3) is 3.20. The number of hydrogen-bond acceptors (Lipinski definition) is 5. The molecule has 0 spiro atoms. The molecule has 1 atom stereocenters. The van der Waals surface area contributed by atoms with E-state index in [1.165, 1.54) is 0 Å². The molecule has 0 amide bonds. The Morgan fingerprint density at radius 1 is 1.43 bits per heavy atom. The molecule has 6 nitrogen and oxygen atoms in total. The molecule has 0 aliphatic carbocycles. The maximum absolute atomic E-state index is 12.9. The Labute approximate surface area is 121 Å². The van der Waals surface area contributed by atoms with Crippen molar-refractivity contribution in [2.24, 2.45) is 0 Å². The van der Waals surface area contributed by atoms with Gasteiger partial charge in [0.25, 0.3) is 0 Å². The first-order chi connectivity index (χ1) is 9.96. The number of carbonyl (C=O) groups is 1.